The summed E-state index contributed by atoms with van der Waals surface area (Å²) in [7, 11) is 0. The molecule has 3 rings (SSSR count). The zero-order valence-electron chi connectivity index (χ0n) is 14.3. The number of nitrogens with zero attached hydrogens (tertiary/aromatic N) is 3. The topological polar surface area (TPSA) is 42.2 Å². The lowest BCUT2D eigenvalue weighted by Crippen LogP contribution is -2.25. The highest BCUT2D eigenvalue weighted by Gasteiger charge is 2.12. The highest BCUT2D eigenvalue weighted by Crippen LogP contribution is 2.18. The van der Waals surface area contributed by atoms with E-state index in [-0.39, 0.29) is 0 Å². The van der Waals surface area contributed by atoms with Gasteiger partial charge >= 0.3 is 0 Å². The Morgan fingerprint density at radius 3 is 2.62 bits per heavy atom. The minimum Gasteiger partial charge on any atom is -0.334 e. The summed E-state index contributed by atoms with van der Waals surface area (Å²) in [5, 5.41) is 4.14. The first-order valence-corrected chi connectivity index (χ1v) is 8.40. The second-order valence-corrected chi connectivity index (χ2v) is 5.99. The molecule has 124 valence electrons. The van der Waals surface area contributed by atoms with Crippen LogP contribution in [0.25, 0.3) is 11.5 Å². The molecule has 0 amide bonds. The lowest BCUT2D eigenvalue weighted by molar-refractivity contribution is 0.271. The molecule has 0 unspecified atom stereocenters. The van der Waals surface area contributed by atoms with Crippen LogP contribution in [0.2, 0.25) is 0 Å². The first-order chi connectivity index (χ1) is 11.7. The average molecular weight is 321 g/mol. The van der Waals surface area contributed by atoms with Crippen molar-refractivity contribution in [1.82, 2.24) is 15.0 Å². The van der Waals surface area contributed by atoms with Gasteiger partial charge in [-0.2, -0.15) is 4.98 Å². The van der Waals surface area contributed by atoms with Gasteiger partial charge in [0.25, 0.3) is 5.89 Å². The van der Waals surface area contributed by atoms with Crippen LogP contribution in [0.3, 0.4) is 0 Å². The van der Waals surface area contributed by atoms with Gasteiger partial charge in [-0.05, 0) is 37.6 Å². The van der Waals surface area contributed by atoms with Crippen molar-refractivity contribution in [2.45, 2.75) is 26.8 Å². The third-order valence-corrected chi connectivity index (χ3v) is 4.10. The predicted molar refractivity (Wildman–Crippen MR) is 95.6 cm³/mol. The van der Waals surface area contributed by atoms with Crippen molar-refractivity contribution in [1.29, 1.82) is 0 Å². The molecule has 0 aliphatic heterocycles. The van der Waals surface area contributed by atoms with E-state index in [9.17, 15) is 0 Å². The molecule has 0 aliphatic rings. The van der Waals surface area contributed by atoms with E-state index in [0.717, 1.165) is 30.9 Å². The number of benzene rings is 2. The van der Waals surface area contributed by atoms with Crippen molar-refractivity contribution in [3.8, 4) is 11.5 Å². The van der Waals surface area contributed by atoms with Crippen LogP contribution in [0.15, 0.2) is 59.1 Å². The lowest BCUT2D eigenvalue weighted by atomic mass is 10.1. The Kier molecular flexibility index (Phi) is 5.39. The van der Waals surface area contributed by atoms with Crippen molar-refractivity contribution < 1.29 is 4.52 Å². The Labute approximate surface area is 143 Å². The van der Waals surface area contributed by atoms with Crippen molar-refractivity contribution >= 4 is 0 Å². The van der Waals surface area contributed by atoms with Crippen molar-refractivity contribution in [3.63, 3.8) is 0 Å². The van der Waals surface area contributed by atoms with Crippen LogP contribution in [0, 0.1) is 6.92 Å². The molecule has 0 saturated heterocycles. The second-order valence-electron chi connectivity index (χ2n) is 5.99. The van der Waals surface area contributed by atoms with E-state index >= 15 is 0 Å². The number of hydrogen-bond donors (Lipinski definition) is 0. The first kappa shape index (κ1) is 16.4. The van der Waals surface area contributed by atoms with Crippen molar-refractivity contribution in [2.24, 2.45) is 0 Å². The number of aryl methyl sites for hydroxylation is 1. The third-order valence-electron chi connectivity index (χ3n) is 4.10. The van der Waals surface area contributed by atoms with Gasteiger partial charge in [-0.15, -0.1) is 0 Å². The Hall–Kier alpha value is -2.46. The van der Waals surface area contributed by atoms with Crippen LogP contribution in [0.4, 0.5) is 0 Å². The zero-order chi connectivity index (χ0) is 16.8. The van der Waals surface area contributed by atoms with Crippen LogP contribution in [-0.4, -0.2) is 28.1 Å². The molecule has 0 atom stereocenters. The molecule has 0 bridgehead atoms. The van der Waals surface area contributed by atoms with Crippen LogP contribution >= 0.6 is 0 Å². The summed E-state index contributed by atoms with van der Waals surface area (Å²) in [5.41, 5.74) is 3.51. The Morgan fingerprint density at radius 2 is 1.88 bits per heavy atom. The average Bonchev–Trinajstić information content (AvgIpc) is 3.08. The van der Waals surface area contributed by atoms with E-state index in [4.69, 9.17) is 4.52 Å². The monoisotopic (exact) mass is 321 g/mol. The fourth-order valence-corrected chi connectivity index (χ4v) is 2.69. The van der Waals surface area contributed by atoms with E-state index in [1.807, 2.05) is 18.2 Å². The van der Waals surface area contributed by atoms with E-state index in [2.05, 4.69) is 65.3 Å². The van der Waals surface area contributed by atoms with E-state index < -0.39 is 0 Å². The van der Waals surface area contributed by atoms with Gasteiger partial charge in [-0.3, -0.25) is 4.90 Å². The summed E-state index contributed by atoms with van der Waals surface area (Å²) in [6.45, 7) is 6.87. The maximum atomic E-state index is 5.43. The molecule has 2 aromatic carbocycles. The number of aromatic nitrogens is 2. The SMILES string of the molecule is CCN(CCc1ccccc1)Cc1noc(-c2cccc(C)c2)n1. The quantitative estimate of drug-likeness (QED) is 0.657. The van der Waals surface area contributed by atoms with Crippen LogP contribution in [0.1, 0.15) is 23.9 Å². The first-order valence-electron chi connectivity index (χ1n) is 8.40. The lowest BCUT2D eigenvalue weighted by Gasteiger charge is -2.18. The maximum Gasteiger partial charge on any atom is 0.257 e. The normalized spacial score (nSPS) is 11.1. The summed E-state index contributed by atoms with van der Waals surface area (Å²) >= 11 is 0. The van der Waals surface area contributed by atoms with Crippen LogP contribution < -0.4 is 0 Å². The van der Waals surface area contributed by atoms with Crippen LogP contribution in [-0.2, 0) is 13.0 Å². The van der Waals surface area contributed by atoms with E-state index in [1.54, 1.807) is 0 Å². The standard InChI is InChI=1S/C20H23N3O/c1-3-23(13-12-17-9-5-4-6-10-17)15-19-21-20(24-22-19)18-11-7-8-16(2)14-18/h4-11,14H,3,12-13,15H2,1-2H3. The summed E-state index contributed by atoms with van der Waals surface area (Å²) < 4.78 is 5.43. The van der Waals surface area contributed by atoms with Gasteiger partial charge in [0.05, 0.1) is 6.54 Å². The summed E-state index contributed by atoms with van der Waals surface area (Å²) in [4.78, 5) is 6.88. The predicted octanol–water partition coefficient (Wildman–Crippen LogP) is 4.11. The molecule has 3 aromatic rings. The Balaban J connectivity index is 1.62. The second kappa shape index (κ2) is 7.88. The summed E-state index contributed by atoms with van der Waals surface area (Å²) in [6.07, 6.45) is 1.03. The van der Waals surface area contributed by atoms with Gasteiger partial charge in [0.2, 0.25) is 0 Å². The van der Waals surface area contributed by atoms with Gasteiger partial charge < -0.3 is 4.52 Å². The molecule has 0 spiro atoms. The zero-order valence-corrected chi connectivity index (χ0v) is 14.3. The number of likely N-dealkylation sites (N-methyl/N-ethyl adjacent to an activating group) is 1. The molecule has 0 fully saturated rings. The molecule has 4 heteroatoms. The number of hydrogen-bond acceptors (Lipinski definition) is 4. The fraction of sp³-hybridized carbons (Fsp3) is 0.300. The molecule has 0 N–H and O–H groups in total. The van der Waals surface area contributed by atoms with Gasteiger partial charge in [-0.25, -0.2) is 0 Å². The third kappa shape index (κ3) is 4.30. The molecule has 0 aliphatic carbocycles. The largest absolute Gasteiger partial charge is 0.334 e. The summed E-state index contributed by atoms with van der Waals surface area (Å²) in [5.74, 6) is 1.33. The van der Waals surface area contributed by atoms with Crippen molar-refractivity contribution in [2.75, 3.05) is 13.1 Å². The molecule has 4 nitrogen and oxygen atoms in total. The maximum absolute atomic E-state index is 5.43. The van der Waals surface area contributed by atoms with Crippen molar-refractivity contribution in [3.05, 3.63) is 71.5 Å². The Morgan fingerprint density at radius 1 is 1.04 bits per heavy atom. The minimum atomic E-state index is 0.591. The Bertz CT molecular complexity index is 767. The van der Waals surface area contributed by atoms with Gasteiger partial charge in [0, 0.05) is 12.1 Å². The van der Waals surface area contributed by atoms with Crippen LogP contribution in [0.5, 0.6) is 0 Å². The van der Waals surface area contributed by atoms with Gasteiger partial charge in [0.1, 0.15) is 0 Å². The molecule has 0 radical (unpaired) electrons. The number of rotatable bonds is 7. The molecular formula is C20H23N3O. The molecular weight excluding hydrogens is 298 g/mol. The molecule has 0 saturated carbocycles. The molecule has 24 heavy (non-hydrogen) atoms. The molecule has 1 heterocycles. The fourth-order valence-electron chi connectivity index (χ4n) is 2.69. The van der Waals surface area contributed by atoms with E-state index in [1.165, 1.54) is 11.1 Å². The molecule has 1 aromatic heterocycles. The highest BCUT2D eigenvalue weighted by atomic mass is 16.5. The van der Waals surface area contributed by atoms with E-state index in [0.29, 0.717) is 12.4 Å². The van der Waals surface area contributed by atoms with Gasteiger partial charge in [0.15, 0.2) is 5.82 Å². The smallest absolute Gasteiger partial charge is 0.257 e. The minimum absolute atomic E-state index is 0.591. The van der Waals surface area contributed by atoms with Gasteiger partial charge in [-0.1, -0.05) is 60.1 Å². The highest BCUT2D eigenvalue weighted by molar-refractivity contribution is 5.53. The summed E-state index contributed by atoms with van der Waals surface area (Å²) in [6, 6.07) is 18.7.